The number of carbonyl (C=O) groups is 2. The largest absolute Gasteiger partial charge is 0.363 e. The summed E-state index contributed by atoms with van der Waals surface area (Å²) in [5, 5.41) is 0. The minimum absolute atomic E-state index is 0.0132. The van der Waals surface area contributed by atoms with Crippen molar-refractivity contribution in [1.82, 2.24) is 4.90 Å². The van der Waals surface area contributed by atoms with Crippen molar-refractivity contribution in [3.05, 3.63) is 90.5 Å². The molecular weight excluding hydrogens is 412 g/mol. The minimum atomic E-state index is -0.419. The second-order valence-electron chi connectivity index (χ2n) is 8.84. The van der Waals surface area contributed by atoms with E-state index in [0.29, 0.717) is 26.1 Å². The van der Waals surface area contributed by atoms with Crippen molar-refractivity contribution in [3.8, 4) is 11.1 Å². The Bertz CT molecular complexity index is 1130. The molecule has 3 aromatic rings. The average molecular weight is 441 g/mol. The zero-order valence-electron chi connectivity index (χ0n) is 18.7. The number of benzene rings is 3. The fourth-order valence-electron chi connectivity index (χ4n) is 4.94. The third-order valence-corrected chi connectivity index (χ3v) is 6.74. The average Bonchev–Trinajstić information content (AvgIpc) is 3.09. The first-order valence-corrected chi connectivity index (χ1v) is 11.6. The van der Waals surface area contributed by atoms with E-state index in [-0.39, 0.29) is 18.4 Å². The van der Waals surface area contributed by atoms with Gasteiger partial charge in [-0.3, -0.25) is 9.59 Å². The van der Waals surface area contributed by atoms with Crippen LogP contribution >= 0.6 is 0 Å². The molecule has 5 nitrogen and oxygen atoms in total. The van der Waals surface area contributed by atoms with Crippen molar-refractivity contribution < 1.29 is 14.3 Å². The molecule has 0 bridgehead atoms. The number of nitrogens with zero attached hydrogens (tertiary/aromatic N) is 2. The summed E-state index contributed by atoms with van der Waals surface area (Å²) in [4.78, 5) is 29.9. The van der Waals surface area contributed by atoms with Gasteiger partial charge in [0.15, 0.2) is 0 Å². The van der Waals surface area contributed by atoms with Gasteiger partial charge in [-0.15, -0.1) is 0 Å². The summed E-state index contributed by atoms with van der Waals surface area (Å²) in [6.07, 6.45) is 2.38. The maximum Gasteiger partial charge on any atom is 0.254 e. The van der Waals surface area contributed by atoms with E-state index in [4.69, 9.17) is 4.74 Å². The molecule has 0 saturated carbocycles. The molecule has 2 amide bonds. The number of morpholine rings is 1. The summed E-state index contributed by atoms with van der Waals surface area (Å²) in [5.74, 6) is 0.0408. The Morgan fingerprint density at radius 2 is 1.52 bits per heavy atom. The predicted molar refractivity (Wildman–Crippen MR) is 129 cm³/mol. The number of rotatable bonds is 3. The summed E-state index contributed by atoms with van der Waals surface area (Å²) in [6.45, 7) is 1.91. The molecule has 33 heavy (non-hydrogen) atoms. The fraction of sp³-hybridized carbons (Fsp3) is 0.286. The number of likely N-dealkylation sites (tertiary alicyclic amines) is 1. The van der Waals surface area contributed by atoms with Crippen LogP contribution in [0.3, 0.4) is 0 Å². The molecule has 0 aromatic heterocycles. The van der Waals surface area contributed by atoms with Gasteiger partial charge in [0, 0.05) is 24.3 Å². The van der Waals surface area contributed by atoms with Crippen LogP contribution in [0.2, 0.25) is 0 Å². The standard InChI is InChI=1S/C28H28N2O3/c31-26-20-33-28(21-30(26)23-12-5-2-6-13-23)16-9-18-29(19-17-28)27(32)25-15-8-7-14-24(25)22-10-3-1-4-11-22/h1-8,10-15H,9,16-21H2. The van der Waals surface area contributed by atoms with Crippen LogP contribution in [0.1, 0.15) is 29.6 Å². The lowest BCUT2D eigenvalue weighted by molar-refractivity contribution is -0.140. The van der Waals surface area contributed by atoms with E-state index in [0.717, 1.165) is 35.2 Å². The molecule has 0 N–H and O–H groups in total. The summed E-state index contributed by atoms with van der Waals surface area (Å²) in [6, 6.07) is 27.6. The quantitative estimate of drug-likeness (QED) is 0.589. The number of amides is 2. The van der Waals surface area contributed by atoms with Gasteiger partial charge >= 0.3 is 0 Å². The van der Waals surface area contributed by atoms with Crippen molar-refractivity contribution >= 4 is 17.5 Å². The molecule has 2 aliphatic rings. The Morgan fingerprint density at radius 3 is 2.30 bits per heavy atom. The maximum atomic E-state index is 13.6. The molecule has 2 heterocycles. The monoisotopic (exact) mass is 440 g/mol. The van der Waals surface area contributed by atoms with Crippen molar-refractivity contribution in [2.45, 2.75) is 24.9 Å². The third-order valence-electron chi connectivity index (χ3n) is 6.74. The lowest BCUT2D eigenvalue weighted by atomic mass is 9.92. The van der Waals surface area contributed by atoms with E-state index in [9.17, 15) is 9.59 Å². The number of carbonyl (C=O) groups excluding carboxylic acids is 2. The lowest BCUT2D eigenvalue weighted by Crippen LogP contribution is -2.55. The van der Waals surface area contributed by atoms with E-state index in [2.05, 4.69) is 0 Å². The van der Waals surface area contributed by atoms with Crippen LogP contribution in [0.4, 0.5) is 5.69 Å². The highest BCUT2D eigenvalue weighted by molar-refractivity contribution is 6.01. The minimum Gasteiger partial charge on any atom is -0.363 e. The highest BCUT2D eigenvalue weighted by atomic mass is 16.5. The number of ether oxygens (including phenoxy) is 1. The molecule has 3 aromatic carbocycles. The predicted octanol–water partition coefficient (Wildman–Crippen LogP) is 4.78. The Kier molecular flexibility index (Phi) is 5.97. The third kappa shape index (κ3) is 4.41. The highest BCUT2D eigenvalue weighted by Crippen LogP contribution is 2.34. The molecule has 1 unspecified atom stereocenters. The van der Waals surface area contributed by atoms with Crippen LogP contribution in [0, 0.1) is 0 Å². The highest BCUT2D eigenvalue weighted by Gasteiger charge is 2.42. The second-order valence-corrected chi connectivity index (χ2v) is 8.84. The van der Waals surface area contributed by atoms with E-state index >= 15 is 0 Å². The van der Waals surface area contributed by atoms with E-state index < -0.39 is 5.60 Å². The van der Waals surface area contributed by atoms with Crippen LogP contribution < -0.4 is 4.90 Å². The lowest BCUT2D eigenvalue weighted by Gasteiger charge is -2.42. The van der Waals surface area contributed by atoms with Crippen molar-refractivity contribution in [3.63, 3.8) is 0 Å². The molecule has 168 valence electrons. The van der Waals surface area contributed by atoms with Crippen LogP contribution in [-0.4, -0.2) is 48.6 Å². The second kappa shape index (κ2) is 9.20. The summed E-state index contributed by atoms with van der Waals surface area (Å²) in [7, 11) is 0. The topological polar surface area (TPSA) is 49.9 Å². The molecule has 2 fully saturated rings. The summed E-state index contributed by atoms with van der Waals surface area (Å²) in [5.41, 5.74) is 3.21. The normalized spacial score (nSPS) is 21.2. The molecule has 1 atom stereocenters. The summed E-state index contributed by atoms with van der Waals surface area (Å²) >= 11 is 0. The first-order chi connectivity index (χ1) is 16.2. The number of hydrogen-bond acceptors (Lipinski definition) is 3. The maximum absolute atomic E-state index is 13.6. The van der Waals surface area contributed by atoms with E-state index in [1.54, 1.807) is 0 Å². The number of hydrogen-bond donors (Lipinski definition) is 0. The van der Waals surface area contributed by atoms with Gasteiger partial charge in [0.2, 0.25) is 0 Å². The molecular formula is C28H28N2O3. The smallest absolute Gasteiger partial charge is 0.254 e. The Morgan fingerprint density at radius 1 is 0.818 bits per heavy atom. The fourth-order valence-corrected chi connectivity index (χ4v) is 4.94. The van der Waals surface area contributed by atoms with Crippen molar-refractivity contribution in [1.29, 1.82) is 0 Å². The Balaban J connectivity index is 1.34. The molecule has 5 rings (SSSR count). The van der Waals surface area contributed by atoms with Crippen molar-refractivity contribution in [2.75, 3.05) is 31.1 Å². The van der Waals surface area contributed by atoms with Crippen molar-refractivity contribution in [2.24, 2.45) is 0 Å². The molecule has 0 aliphatic carbocycles. The van der Waals surface area contributed by atoms with Crippen LogP contribution in [-0.2, 0) is 9.53 Å². The van der Waals surface area contributed by atoms with Crippen LogP contribution in [0.15, 0.2) is 84.9 Å². The Hall–Kier alpha value is -3.44. The van der Waals surface area contributed by atoms with Gasteiger partial charge in [0.05, 0.1) is 12.1 Å². The SMILES string of the molecule is O=C(c1ccccc1-c1ccccc1)N1CCCC2(CC1)CN(c1ccccc1)C(=O)CO2. The molecule has 2 aliphatic heterocycles. The van der Waals surface area contributed by atoms with Crippen LogP contribution in [0.5, 0.6) is 0 Å². The van der Waals surface area contributed by atoms with Crippen LogP contribution in [0.25, 0.3) is 11.1 Å². The number of anilines is 1. The van der Waals surface area contributed by atoms with Gasteiger partial charge in [-0.1, -0.05) is 66.7 Å². The number of para-hydroxylation sites is 1. The van der Waals surface area contributed by atoms with Gasteiger partial charge in [0.25, 0.3) is 11.8 Å². The zero-order valence-corrected chi connectivity index (χ0v) is 18.7. The molecule has 1 spiro atoms. The molecule has 5 heteroatoms. The van der Waals surface area contributed by atoms with E-state index in [1.807, 2.05) is 94.7 Å². The first kappa shape index (κ1) is 21.4. The molecule has 0 radical (unpaired) electrons. The van der Waals surface area contributed by atoms with Gasteiger partial charge in [-0.2, -0.15) is 0 Å². The Labute approximate surface area is 194 Å². The zero-order chi connectivity index (χ0) is 22.7. The van der Waals surface area contributed by atoms with Gasteiger partial charge < -0.3 is 14.5 Å². The molecule has 2 saturated heterocycles. The van der Waals surface area contributed by atoms with Gasteiger partial charge in [0.1, 0.15) is 6.61 Å². The van der Waals surface area contributed by atoms with Gasteiger partial charge in [-0.05, 0) is 48.6 Å². The first-order valence-electron chi connectivity index (χ1n) is 11.6. The van der Waals surface area contributed by atoms with Gasteiger partial charge in [-0.25, -0.2) is 0 Å². The summed E-state index contributed by atoms with van der Waals surface area (Å²) < 4.78 is 6.15. The van der Waals surface area contributed by atoms with E-state index in [1.165, 1.54) is 0 Å².